The highest BCUT2D eigenvalue weighted by atomic mass is 79.9. The number of ether oxygens (including phenoxy) is 1. The van der Waals surface area contributed by atoms with Crippen LogP contribution in [0.2, 0.25) is 0 Å². The Balaban J connectivity index is 2.02. The predicted octanol–water partition coefficient (Wildman–Crippen LogP) is 3.57. The maximum atomic E-state index is 12.2. The summed E-state index contributed by atoms with van der Waals surface area (Å²) in [7, 11) is 0. The molecule has 2 aromatic rings. The Morgan fingerprint density at radius 3 is 2.70 bits per heavy atom. The number of hydrogen-bond donors (Lipinski definition) is 1. The smallest absolute Gasteiger partial charge is 0.387 e. The lowest BCUT2D eigenvalue weighted by Crippen LogP contribution is -2.22. The highest BCUT2D eigenvalue weighted by Crippen LogP contribution is 2.20. The summed E-state index contributed by atoms with van der Waals surface area (Å²) in [5.74, 6) is -0.282. The number of nitrogens with one attached hydrogen (secondary N) is 1. The molecular formula is C13H10BrF2NO3. The molecule has 4 nitrogen and oxygen atoms in total. The lowest BCUT2D eigenvalue weighted by atomic mass is 10.2. The van der Waals surface area contributed by atoms with Gasteiger partial charge in [0.2, 0.25) is 0 Å². The number of alkyl halides is 2. The molecule has 106 valence electrons. The molecule has 0 fully saturated rings. The van der Waals surface area contributed by atoms with Crippen molar-refractivity contribution in [1.82, 2.24) is 5.32 Å². The molecular weight excluding hydrogens is 336 g/mol. The molecule has 1 aromatic heterocycles. The third-order valence-corrected chi connectivity index (χ3v) is 2.85. The van der Waals surface area contributed by atoms with Crippen LogP contribution >= 0.6 is 15.9 Å². The third kappa shape index (κ3) is 3.80. The Morgan fingerprint density at radius 1 is 1.30 bits per heavy atom. The van der Waals surface area contributed by atoms with E-state index in [0.29, 0.717) is 10.2 Å². The zero-order valence-electron chi connectivity index (χ0n) is 10.1. The Labute approximate surface area is 121 Å². The van der Waals surface area contributed by atoms with Gasteiger partial charge in [0.25, 0.3) is 5.91 Å². The van der Waals surface area contributed by atoms with Crippen molar-refractivity contribution in [1.29, 1.82) is 0 Å². The van der Waals surface area contributed by atoms with E-state index in [9.17, 15) is 13.6 Å². The summed E-state index contributed by atoms with van der Waals surface area (Å²) in [6.45, 7) is -2.85. The molecule has 0 aliphatic carbocycles. The quantitative estimate of drug-likeness (QED) is 0.901. The van der Waals surface area contributed by atoms with Gasteiger partial charge in [-0.3, -0.25) is 4.79 Å². The number of amides is 1. The minimum atomic E-state index is -2.91. The van der Waals surface area contributed by atoms with Gasteiger partial charge in [0.05, 0.1) is 0 Å². The Hall–Kier alpha value is -1.89. The average Bonchev–Trinajstić information content (AvgIpc) is 2.83. The van der Waals surface area contributed by atoms with Crippen molar-refractivity contribution < 1.29 is 22.7 Å². The molecule has 20 heavy (non-hydrogen) atoms. The molecule has 2 rings (SSSR count). The fourth-order valence-electron chi connectivity index (χ4n) is 1.56. The fraction of sp³-hybridized carbons (Fsp3) is 0.154. The van der Waals surface area contributed by atoms with Crippen LogP contribution in [0.4, 0.5) is 8.78 Å². The van der Waals surface area contributed by atoms with E-state index in [2.05, 4.69) is 26.0 Å². The Morgan fingerprint density at radius 2 is 2.05 bits per heavy atom. The maximum Gasteiger partial charge on any atom is 0.387 e. The first-order valence-electron chi connectivity index (χ1n) is 5.62. The number of hydrogen-bond acceptors (Lipinski definition) is 3. The van der Waals surface area contributed by atoms with Crippen molar-refractivity contribution in [2.45, 2.75) is 13.2 Å². The summed E-state index contributed by atoms with van der Waals surface area (Å²) in [6.07, 6.45) is 0. The molecule has 1 heterocycles. The summed E-state index contributed by atoms with van der Waals surface area (Å²) in [4.78, 5) is 11.8. The van der Waals surface area contributed by atoms with E-state index < -0.39 is 12.5 Å². The Bertz CT molecular complexity index is 601. The molecule has 1 N–H and O–H groups in total. The van der Waals surface area contributed by atoms with Gasteiger partial charge in [0.1, 0.15) is 5.75 Å². The predicted molar refractivity (Wildman–Crippen MR) is 70.7 cm³/mol. The molecule has 0 aliphatic heterocycles. The summed E-state index contributed by atoms with van der Waals surface area (Å²) >= 11 is 3.09. The van der Waals surface area contributed by atoms with Crippen molar-refractivity contribution in [3.8, 4) is 5.75 Å². The van der Waals surface area contributed by atoms with Gasteiger partial charge in [-0.15, -0.1) is 0 Å². The van der Waals surface area contributed by atoms with Crippen LogP contribution in [-0.2, 0) is 6.54 Å². The van der Waals surface area contributed by atoms with E-state index in [1.807, 2.05) is 0 Å². The number of carbonyl (C=O) groups excluding carboxylic acids is 1. The van der Waals surface area contributed by atoms with Crippen LogP contribution in [0, 0.1) is 0 Å². The number of benzene rings is 1. The lowest BCUT2D eigenvalue weighted by molar-refractivity contribution is -0.0504. The van der Waals surface area contributed by atoms with Crippen molar-refractivity contribution in [2.75, 3.05) is 0 Å². The van der Waals surface area contributed by atoms with Gasteiger partial charge in [0.15, 0.2) is 10.4 Å². The van der Waals surface area contributed by atoms with Gasteiger partial charge < -0.3 is 14.5 Å². The summed E-state index contributed by atoms with van der Waals surface area (Å²) < 4.78 is 34.4. The fourth-order valence-corrected chi connectivity index (χ4v) is 1.87. The van der Waals surface area contributed by atoms with Gasteiger partial charge in [0, 0.05) is 12.1 Å². The second kappa shape index (κ2) is 6.51. The van der Waals surface area contributed by atoms with Crippen LogP contribution in [0.1, 0.15) is 16.1 Å². The van der Waals surface area contributed by atoms with Gasteiger partial charge in [-0.25, -0.2) is 0 Å². The van der Waals surface area contributed by atoms with Crippen LogP contribution in [0.5, 0.6) is 5.75 Å². The summed E-state index contributed by atoms with van der Waals surface area (Å²) in [5, 5.41) is 2.56. The monoisotopic (exact) mass is 345 g/mol. The lowest BCUT2D eigenvalue weighted by Gasteiger charge is -2.10. The van der Waals surface area contributed by atoms with Crippen molar-refractivity contribution in [2.24, 2.45) is 0 Å². The first kappa shape index (κ1) is 14.5. The van der Waals surface area contributed by atoms with E-state index in [-0.39, 0.29) is 18.1 Å². The molecule has 0 radical (unpaired) electrons. The number of rotatable bonds is 5. The molecule has 1 aromatic carbocycles. The number of furan rings is 1. The van der Waals surface area contributed by atoms with Crippen LogP contribution in [0.25, 0.3) is 0 Å². The molecule has 0 bridgehead atoms. The largest absolute Gasteiger partial charge is 0.444 e. The molecule has 0 atom stereocenters. The Kier molecular flexibility index (Phi) is 4.73. The zero-order chi connectivity index (χ0) is 14.5. The topological polar surface area (TPSA) is 51.5 Å². The van der Waals surface area contributed by atoms with Crippen molar-refractivity contribution in [3.05, 3.63) is 52.4 Å². The van der Waals surface area contributed by atoms with E-state index in [1.54, 1.807) is 24.3 Å². The first-order valence-corrected chi connectivity index (χ1v) is 6.42. The van der Waals surface area contributed by atoms with E-state index in [1.165, 1.54) is 12.1 Å². The van der Waals surface area contributed by atoms with Gasteiger partial charge in [-0.2, -0.15) is 8.78 Å². The van der Waals surface area contributed by atoms with Crippen molar-refractivity contribution >= 4 is 21.8 Å². The van der Waals surface area contributed by atoms with E-state index in [0.717, 1.165) is 0 Å². The molecule has 0 saturated carbocycles. The van der Waals surface area contributed by atoms with Crippen LogP contribution in [0.3, 0.4) is 0 Å². The number of para-hydroxylation sites is 1. The van der Waals surface area contributed by atoms with Crippen LogP contribution in [-0.4, -0.2) is 12.5 Å². The number of carbonyl (C=O) groups is 1. The van der Waals surface area contributed by atoms with Crippen LogP contribution < -0.4 is 10.1 Å². The number of halogens is 3. The zero-order valence-corrected chi connectivity index (χ0v) is 11.7. The molecule has 0 aliphatic rings. The van der Waals surface area contributed by atoms with Crippen LogP contribution in [0.15, 0.2) is 45.5 Å². The third-order valence-electron chi connectivity index (χ3n) is 2.43. The minimum absolute atomic E-state index is 0.0309. The van der Waals surface area contributed by atoms with Gasteiger partial charge in [-0.1, -0.05) is 18.2 Å². The highest BCUT2D eigenvalue weighted by molar-refractivity contribution is 9.10. The molecule has 0 spiro atoms. The average molecular weight is 346 g/mol. The molecule has 1 amide bonds. The normalized spacial score (nSPS) is 10.6. The highest BCUT2D eigenvalue weighted by Gasteiger charge is 2.13. The van der Waals surface area contributed by atoms with E-state index >= 15 is 0 Å². The van der Waals surface area contributed by atoms with Crippen molar-refractivity contribution in [3.63, 3.8) is 0 Å². The van der Waals surface area contributed by atoms with Gasteiger partial charge in [-0.05, 0) is 34.1 Å². The minimum Gasteiger partial charge on any atom is -0.444 e. The SMILES string of the molecule is O=C(NCc1ccccc1OC(F)F)c1ccc(Br)o1. The molecule has 0 unspecified atom stereocenters. The first-order chi connectivity index (χ1) is 9.56. The molecule has 0 saturated heterocycles. The molecule has 7 heteroatoms. The second-order valence-corrected chi connectivity index (χ2v) is 4.55. The van der Waals surface area contributed by atoms with E-state index in [4.69, 9.17) is 4.42 Å². The standard InChI is InChI=1S/C13H10BrF2NO3/c14-11-6-5-10(19-11)12(18)17-7-8-3-1-2-4-9(8)20-13(15)16/h1-6,13H,7H2,(H,17,18). The maximum absolute atomic E-state index is 12.2. The summed E-state index contributed by atoms with van der Waals surface area (Å²) in [5.41, 5.74) is 0.451. The second-order valence-electron chi connectivity index (χ2n) is 3.77. The summed E-state index contributed by atoms with van der Waals surface area (Å²) in [6, 6.07) is 9.34. The van der Waals surface area contributed by atoms with Gasteiger partial charge >= 0.3 is 6.61 Å².